The summed E-state index contributed by atoms with van der Waals surface area (Å²) in [4.78, 5) is 34.3. The highest BCUT2D eigenvalue weighted by Gasteiger charge is 2.15. The summed E-state index contributed by atoms with van der Waals surface area (Å²) in [6.45, 7) is 5.39. The molecule has 2 heterocycles. The van der Waals surface area contributed by atoms with Crippen molar-refractivity contribution in [2.75, 3.05) is 13.1 Å². The first-order chi connectivity index (χ1) is 11.2. The maximum absolute atomic E-state index is 12.3. The smallest absolute Gasteiger partial charge is 0.255 e. The Morgan fingerprint density at radius 1 is 1.13 bits per heavy atom. The van der Waals surface area contributed by atoms with Gasteiger partial charge in [0.05, 0.1) is 23.4 Å². The standard InChI is InChI=1S/C17H20N4O2/c1-3-21(4-2)17(23)14-9-13(10-18-11-14)16(22)20-12-15-7-5-6-8-19-15/h5-11H,3-4,12H2,1-2H3,(H,20,22). The van der Waals surface area contributed by atoms with E-state index in [0.717, 1.165) is 5.69 Å². The average Bonchev–Trinajstić information content (AvgIpc) is 2.61. The Hall–Kier alpha value is -2.76. The second-order valence-corrected chi connectivity index (χ2v) is 4.94. The Balaban J connectivity index is 2.06. The fraction of sp³-hybridized carbons (Fsp3) is 0.294. The molecule has 0 saturated carbocycles. The Morgan fingerprint density at radius 3 is 2.52 bits per heavy atom. The normalized spacial score (nSPS) is 10.2. The van der Waals surface area contributed by atoms with E-state index >= 15 is 0 Å². The Morgan fingerprint density at radius 2 is 1.87 bits per heavy atom. The molecule has 23 heavy (non-hydrogen) atoms. The molecule has 2 rings (SSSR count). The Kier molecular flexibility index (Phi) is 5.80. The molecule has 0 atom stereocenters. The molecule has 6 nitrogen and oxygen atoms in total. The van der Waals surface area contributed by atoms with E-state index in [1.165, 1.54) is 12.4 Å². The molecule has 0 aromatic carbocycles. The van der Waals surface area contributed by atoms with Gasteiger partial charge >= 0.3 is 0 Å². The number of amides is 2. The van der Waals surface area contributed by atoms with Crippen LogP contribution in [0.3, 0.4) is 0 Å². The molecule has 0 aliphatic carbocycles. The van der Waals surface area contributed by atoms with E-state index in [9.17, 15) is 9.59 Å². The first-order valence-electron chi connectivity index (χ1n) is 7.58. The second-order valence-electron chi connectivity index (χ2n) is 4.94. The summed E-state index contributed by atoms with van der Waals surface area (Å²) in [5.41, 5.74) is 1.54. The van der Waals surface area contributed by atoms with Gasteiger partial charge in [0.1, 0.15) is 0 Å². The van der Waals surface area contributed by atoms with Crippen LogP contribution in [0.1, 0.15) is 40.3 Å². The molecular formula is C17H20N4O2. The van der Waals surface area contributed by atoms with Gasteiger partial charge in [0.2, 0.25) is 0 Å². The predicted molar refractivity (Wildman–Crippen MR) is 86.9 cm³/mol. The number of rotatable bonds is 6. The van der Waals surface area contributed by atoms with Crippen molar-refractivity contribution in [1.82, 2.24) is 20.2 Å². The van der Waals surface area contributed by atoms with Gasteiger partial charge in [-0.3, -0.25) is 19.6 Å². The Bertz CT molecular complexity index is 669. The molecule has 0 aliphatic heterocycles. The van der Waals surface area contributed by atoms with E-state index in [-0.39, 0.29) is 11.8 Å². The minimum atomic E-state index is -0.280. The number of nitrogens with zero attached hydrogens (tertiary/aromatic N) is 3. The minimum Gasteiger partial charge on any atom is -0.346 e. The van der Waals surface area contributed by atoms with Crippen molar-refractivity contribution in [3.63, 3.8) is 0 Å². The molecule has 0 radical (unpaired) electrons. The quantitative estimate of drug-likeness (QED) is 0.884. The summed E-state index contributed by atoms with van der Waals surface area (Å²) in [7, 11) is 0. The van der Waals surface area contributed by atoms with Crippen molar-refractivity contribution >= 4 is 11.8 Å². The van der Waals surface area contributed by atoms with Gasteiger partial charge in [0.15, 0.2) is 0 Å². The number of carbonyl (C=O) groups is 2. The fourth-order valence-electron chi connectivity index (χ4n) is 2.15. The van der Waals surface area contributed by atoms with Crippen LogP contribution in [0.25, 0.3) is 0 Å². The van der Waals surface area contributed by atoms with Gasteiger partial charge in [-0.1, -0.05) is 6.07 Å². The van der Waals surface area contributed by atoms with Gasteiger partial charge in [-0.25, -0.2) is 0 Å². The molecule has 2 aromatic heterocycles. The number of pyridine rings is 2. The zero-order chi connectivity index (χ0) is 16.7. The van der Waals surface area contributed by atoms with Crippen LogP contribution in [0.4, 0.5) is 0 Å². The van der Waals surface area contributed by atoms with Crippen molar-refractivity contribution in [3.8, 4) is 0 Å². The Labute approximate surface area is 135 Å². The monoisotopic (exact) mass is 312 g/mol. The molecule has 0 bridgehead atoms. The van der Waals surface area contributed by atoms with Gasteiger partial charge < -0.3 is 10.2 Å². The van der Waals surface area contributed by atoms with Crippen LogP contribution in [0.2, 0.25) is 0 Å². The summed E-state index contributed by atoms with van der Waals surface area (Å²) >= 11 is 0. The van der Waals surface area contributed by atoms with E-state index in [0.29, 0.717) is 30.8 Å². The number of hydrogen-bond donors (Lipinski definition) is 1. The molecule has 0 spiro atoms. The lowest BCUT2D eigenvalue weighted by atomic mass is 10.1. The lowest BCUT2D eigenvalue weighted by Crippen LogP contribution is -2.31. The predicted octanol–water partition coefficient (Wildman–Crippen LogP) is 1.89. The fourth-order valence-corrected chi connectivity index (χ4v) is 2.15. The third-order valence-corrected chi connectivity index (χ3v) is 3.45. The minimum absolute atomic E-state index is 0.123. The molecule has 1 N–H and O–H groups in total. The molecule has 2 amide bonds. The van der Waals surface area contributed by atoms with Crippen LogP contribution in [0.15, 0.2) is 42.9 Å². The largest absolute Gasteiger partial charge is 0.346 e. The van der Waals surface area contributed by atoms with Crippen molar-refractivity contribution in [2.24, 2.45) is 0 Å². The lowest BCUT2D eigenvalue weighted by molar-refractivity contribution is 0.0772. The highest BCUT2D eigenvalue weighted by atomic mass is 16.2. The van der Waals surface area contributed by atoms with Crippen LogP contribution in [-0.4, -0.2) is 39.8 Å². The molecule has 0 unspecified atom stereocenters. The molecular weight excluding hydrogens is 292 g/mol. The molecule has 120 valence electrons. The first-order valence-corrected chi connectivity index (χ1v) is 7.58. The molecule has 0 aliphatic rings. The third kappa shape index (κ3) is 4.35. The summed E-state index contributed by atoms with van der Waals surface area (Å²) in [5, 5.41) is 2.77. The molecule has 6 heteroatoms. The number of aromatic nitrogens is 2. The highest BCUT2D eigenvalue weighted by Crippen LogP contribution is 2.07. The summed E-state index contributed by atoms with van der Waals surface area (Å²) in [5.74, 6) is -0.403. The van der Waals surface area contributed by atoms with Crippen LogP contribution in [0, 0.1) is 0 Å². The van der Waals surface area contributed by atoms with E-state index in [1.54, 1.807) is 17.2 Å². The first kappa shape index (κ1) is 16.6. The molecule has 0 saturated heterocycles. The van der Waals surface area contributed by atoms with Crippen LogP contribution < -0.4 is 5.32 Å². The van der Waals surface area contributed by atoms with Crippen LogP contribution >= 0.6 is 0 Å². The number of nitrogens with one attached hydrogen (secondary N) is 1. The van der Waals surface area contributed by atoms with Crippen LogP contribution in [-0.2, 0) is 6.54 Å². The van der Waals surface area contributed by atoms with E-state index in [1.807, 2.05) is 32.0 Å². The van der Waals surface area contributed by atoms with Crippen molar-refractivity contribution < 1.29 is 9.59 Å². The lowest BCUT2D eigenvalue weighted by Gasteiger charge is -2.18. The van der Waals surface area contributed by atoms with Gasteiger partial charge in [-0.2, -0.15) is 0 Å². The summed E-state index contributed by atoms with van der Waals surface area (Å²) in [6.07, 6.45) is 4.61. The maximum Gasteiger partial charge on any atom is 0.255 e. The topological polar surface area (TPSA) is 75.2 Å². The van der Waals surface area contributed by atoms with Gasteiger partial charge in [-0.15, -0.1) is 0 Å². The summed E-state index contributed by atoms with van der Waals surface area (Å²) < 4.78 is 0. The van der Waals surface area contributed by atoms with Crippen LogP contribution in [0.5, 0.6) is 0 Å². The SMILES string of the molecule is CCN(CC)C(=O)c1cncc(C(=O)NCc2ccccn2)c1. The second kappa shape index (κ2) is 8.03. The van der Waals surface area contributed by atoms with Gasteiger partial charge in [0.25, 0.3) is 11.8 Å². The van der Waals surface area contributed by atoms with Gasteiger partial charge in [0, 0.05) is 31.7 Å². The highest BCUT2D eigenvalue weighted by molar-refractivity contribution is 5.99. The zero-order valence-corrected chi connectivity index (χ0v) is 13.3. The average molecular weight is 312 g/mol. The van der Waals surface area contributed by atoms with Crippen molar-refractivity contribution in [1.29, 1.82) is 0 Å². The zero-order valence-electron chi connectivity index (χ0n) is 13.3. The maximum atomic E-state index is 12.3. The number of hydrogen-bond acceptors (Lipinski definition) is 4. The number of carbonyl (C=O) groups excluding carboxylic acids is 2. The van der Waals surface area contributed by atoms with E-state index in [2.05, 4.69) is 15.3 Å². The molecule has 0 fully saturated rings. The molecule has 2 aromatic rings. The van der Waals surface area contributed by atoms with E-state index < -0.39 is 0 Å². The third-order valence-electron chi connectivity index (χ3n) is 3.45. The van der Waals surface area contributed by atoms with E-state index in [4.69, 9.17) is 0 Å². The summed E-state index contributed by atoms with van der Waals surface area (Å²) in [6, 6.07) is 7.08. The van der Waals surface area contributed by atoms with Crippen molar-refractivity contribution in [2.45, 2.75) is 20.4 Å². The van der Waals surface area contributed by atoms with Gasteiger partial charge in [-0.05, 0) is 32.0 Å². The van der Waals surface area contributed by atoms with Crippen molar-refractivity contribution in [3.05, 3.63) is 59.7 Å².